The second kappa shape index (κ2) is 6.44. The summed E-state index contributed by atoms with van der Waals surface area (Å²) in [6.07, 6.45) is 5.54. The third-order valence-corrected chi connectivity index (χ3v) is 5.58. The molecule has 0 radical (unpaired) electrons. The first-order valence-electron chi connectivity index (χ1n) is 7.29. The fourth-order valence-electron chi connectivity index (χ4n) is 3.22. The van der Waals surface area contributed by atoms with Crippen LogP contribution in [0.2, 0.25) is 0 Å². The Balaban J connectivity index is 1.91. The number of hydrogen-bond donors (Lipinski definition) is 1. The van der Waals surface area contributed by atoms with Crippen LogP contribution in [0.4, 0.5) is 0 Å². The zero-order chi connectivity index (χ0) is 12.3. The summed E-state index contributed by atoms with van der Waals surface area (Å²) >= 11 is 2.15. The molecule has 0 aromatic heterocycles. The number of hydrogen-bond acceptors (Lipinski definition) is 3. The van der Waals surface area contributed by atoms with E-state index < -0.39 is 0 Å². The van der Waals surface area contributed by atoms with E-state index in [1.165, 1.54) is 44.5 Å². The van der Waals surface area contributed by atoms with Crippen molar-refractivity contribution in [1.82, 2.24) is 10.2 Å². The van der Waals surface area contributed by atoms with Crippen LogP contribution in [0.25, 0.3) is 0 Å². The Morgan fingerprint density at radius 2 is 2.12 bits per heavy atom. The molecule has 0 bridgehead atoms. The number of rotatable bonds is 4. The van der Waals surface area contributed by atoms with Gasteiger partial charge in [0.25, 0.3) is 0 Å². The summed E-state index contributed by atoms with van der Waals surface area (Å²) in [6.45, 7) is 9.61. The molecule has 0 spiro atoms. The summed E-state index contributed by atoms with van der Waals surface area (Å²) in [4.78, 5) is 2.76. The number of nitrogens with one attached hydrogen (secondary N) is 1. The molecule has 100 valence electrons. The summed E-state index contributed by atoms with van der Waals surface area (Å²) in [5.74, 6) is 1.35. The lowest BCUT2D eigenvalue weighted by Crippen LogP contribution is -2.51. The van der Waals surface area contributed by atoms with Gasteiger partial charge in [0.05, 0.1) is 0 Å². The highest BCUT2D eigenvalue weighted by atomic mass is 32.2. The summed E-state index contributed by atoms with van der Waals surface area (Å²) in [5, 5.41) is 4.51. The molecular formula is C14H28N2S. The Morgan fingerprint density at radius 1 is 1.29 bits per heavy atom. The quantitative estimate of drug-likeness (QED) is 0.832. The van der Waals surface area contributed by atoms with E-state index >= 15 is 0 Å². The van der Waals surface area contributed by atoms with Gasteiger partial charge in [0.2, 0.25) is 0 Å². The third kappa shape index (κ3) is 3.62. The first-order chi connectivity index (χ1) is 8.18. The van der Waals surface area contributed by atoms with E-state index in [-0.39, 0.29) is 0 Å². The Bertz CT molecular complexity index is 226. The van der Waals surface area contributed by atoms with E-state index in [4.69, 9.17) is 0 Å². The van der Waals surface area contributed by atoms with Crippen molar-refractivity contribution in [2.24, 2.45) is 0 Å². The molecule has 2 aliphatic heterocycles. The van der Waals surface area contributed by atoms with Crippen molar-refractivity contribution in [1.29, 1.82) is 0 Å². The Hall–Kier alpha value is 0.270. The van der Waals surface area contributed by atoms with Crippen LogP contribution in [-0.4, -0.2) is 47.1 Å². The fourth-order valence-corrected chi connectivity index (χ4v) is 4.48. The van der Waals surface area contributed by atoms with Crippen LogP contribution < -0.4 is 5.32 Å². The average Bonchev–Trinajstić information content (AvgIpc) is 2.73. The van der Waals surface area contributed by atoms with Gasteiger partial charge in [-0.3, -0.25) is 4.90 Å². The minimum absolute atomic E-state index is 0.685. The molecule has 2 nitrogen and oxygen atoms in total. The van der Waals surface area contributed by atoms with E-state index in [9.17, 15) is 0 Å². The predicted molar refractivity (Wildman–Crippen MR) is 77.8 cm³/mol. The van der Waals surface area contributed by atoms with Crippen molar-refractivity contribution < 1.29 is 0 Å². The van der Waals surface area contributed by atoms with Crippen LogP contribution in [0.1, 0.15) is 46.5 Å². The molecule has 2 heterocycles. The summed E-state index contributed by atoms with van der Waals surface area (Å²) in [6, 6.07) is 2.23. The van der Waals surface area contributed by atoms with Gasteiger partial charge in [0.15, 0.2) is 0 Å². The first-order valence-corrected chi connectivity index (χ1v) is 8.34. The Kier molecular flexibility index (Phi) is 5.19. The average molecular weight is 256 g/mol. The van der Waals surface area contributed by atoms with Gasteiger partial charge < -0.3 is 5.32 Å². The summed E-state index contributed by atoms with van der Waals surface area (Å²) in [5.41, 5.74) is 0. The number of nitrogens with zero attached hydrogens (tertiary/aromatic N) is 1. The molecule has 2 aliphatic rings. The lowest BCUT2D eigenvalue weighted by atomic mass is 10.0. The Morgan fingerprint density at radius 3 is 2.65 bits per heavy atom. The maximum Gasteiger partial charge on any atom is 0.0223 e. The lowest BCUT2D eigenvalue weighted by Gasteiger charge is -2.38. The zero-order valence-electron chi connectivity index (χ0n) is 11.6. The molecule has 0 aromatic carbocycles. The van der Waals surface area contributed by atoms with Crippen molar-refractivity contribution in [3.63, 3.8) is 0 Å². The van der Waals surface area contributed by atoms with Gasteiger partial charge in [-0.05, 0) is 45.4 Å². The molecule has 3 unspecified atom stereocenters. The zero-order valence-corrected chi connectivity index (χ0v) is 12.4. The Labute approximate surface area is 111 Å². The van der Waals surface area contributed by atoms with Crippen LogP contribution in [0.15, 0.2) is 0 Å². The largest absolute Gasteiger partial charge is 0.313 e. The predicted octanol–water partition coefficient (Wildman–Crippen LogP) is 2.73. The van der Waals surface area contributed by atoms with Crippen molar-refractivity contribution >= 4 is 11.8 Å². The van der Waals surface area contributed by atoms with E-state index in [0.29, 0.717) is 6.04 Å². The van der Waals surface area contributed by atoms with Gasteiger partial charge in [0, 0.05) is 29.9 Å². The molecule has 2 fully saturated rings. The molecule has 0 amide bonds. The van der Waals surface area contributed by atoms with E-state index in [1.54, 1.807) is 0 Å². The fraction of sp³-hybridized carbons (Fsp3) is 1.00. The monoisotopic (exact) mass is 256 g/mol. The van der Waals surface area contributed by atoms with Gasteiger partial charge in [-0.1, -0.05) is 13.3 Å². The molecule has 3 heteroatoms. The van der Waals surface area contributed by atoms with Gasteiger partial charge in [-0.15, -0.1) is 0 Å². The lowest BCUT2D eigenvalue weighted by molar-refractivity contribution is 0.129. The molecule has 2 saturated heterocycles. The maximum absolute atomic E-state index is 3.69. The van der Waals surface area contributed by atoms with Crippen LogP contribution in [-0.2, 0) is 0 Å². The third-order valence-electron chi connectivity index (χ3n) is 4.27. The summed E-state index contributed by atoms with van der Waals surface area (Å²) < 4.78 is 0. The molecule has 0 aliphatic carbocycles. The van der Waals surface area contributed by atoms with Gasteiger partial charge in [-0.25, -0.2) is 0 Å². The van der Waals surface area contributed by atoms with E-state index in [0.717, 1.165) is 17.3 Å². The van der Waals surface area contributed by atoms with Gasteiger partial charge in [0.1, 0.15) is 0 Å². The van der Waals surface area contributed by atoms with Gasteiger partial charge in [-0.2, -0.15) is 11.8 Å². The number of thioether (sulfide) groups is 1. The minimum Gasteiger partial charge on any atom is -0.313 e. The van der Waals surface area contributed by atoms with Crippen molar-refractivity contribution in [2.75, 3.05) is 18.8 Å². The second-order valence-corrected chi connectivity index (χ2v) is 7.35. The van der Waals surface area contributed by atoms with Crippen molar-refractivity contribution in [3.05, 3.63) is 0 Å². The van der Waals surface area contributed by atoms with Crippen molar-refractivity contribution in [2.45, 2.75) is 69.8 Å². The standard InChI is InChI=1S/C14H28N2S/c1-11(2)16(14-7-9-17-12(14)3)10-13-6-4-5-8-15-13/h11-15H,4-10H2,1-3H3. The highest BCUT2D eigenvalue weighted by Crippen LogP contribution is 2.31. The first kappa shape index (κ1) is 13.7. The van der Waals surface area contributed by atoms with Crippen LogP contribution in [0.5, 0.6) is 0 Å². The summed E-state index contributed by atoms with van der Waals surface area (Å²) in [7, 11) is 0. The molecule has 3 atom stereocenters. The van der Waals surface area contributed by atoms with E-state index in [1.807, 2.05) is 0 Å². The van der Waals surface area contributed by atoms with Crippen molar-refractivity contribution in [3.8, 4) is 0 Å². The molecular weight excluding hydrogens is 228 g/mol. The number of piperidine rings is 1. The minimum atomic E-state index is 0.685. The molecule has 0 aromatic rings. The van der Waals surface area contributed by atoms with Crippen LogP contribution in [0.3, 0.4) is 0 Å². The molecule has 1 N–H and O–H groups in total. The van der Waals surface area contributed by atoms with Crippen LogP contribution in [0, 0.1) is 0 Å². The smallest absolute Gasteiger partial charge is 0.0223 e. The highest BCUT2D eigenvalue weighted by Gasteiger charge is 2.32. The van der Waals surface area contributed by atoms with E-state index in [2.05, 4.69) is 42.7 Å². The molecule has 0 saturated carbocycles. The second-order valence-electron chi connectivity index (χ2n) is 5.87. The maximum atomic E-state index is 3.69. The molecule has 2 rings (SSSR count). The molecule has 17 heavy (non-hydrogen) atoms. The van der Waals surface area contributed by atoms with Gasteiger partial charge >= 0.3 is 0 Å². The highest BCUT2D eigenvalue weighted by molar-refractivity contribution is 8.00. The topological polar surface area (TPSA) is 15.3 Å². The van der Waals surface area contributed by atoms with Crippen LogP contribution >= 0.6 is 11.8 Å². The SMILES string of the molecule is CC1SCCC1N(CC1CCCCN1)C(C)C. The normalized spacial score (nSPS) is 34.8.